The minimum Gasteiger partial charge on any atom is -0.0893 e. The van der Waals surface area contributed by atoms with Crippen LogP contribution in [0.2, 0.25) is 0 Å². The van der Waals surface area contributed by atoms with Crippen LogP contribution in [0, 0.1) is 0 Å². The number of azide groups is 1. The molecule has 20 heavy (non-hydrogen) atoms. The lowest BCUT2D eigenvalue weighted by atomic mass is 10.0. The second-order valence-electron chi connectivity index (χ2n) is 4.89. The third kappa shape index (κ3) is 3.87. The molecule has 0 spiro atoms. The summed E-state index contributed by atoms with van der Waals surface area (Å²) in [6.45, 7) is 2.62. The van der Waals surface area contributed by atoms with Gasteiger partial charge in [0.1, 0.15) is 0 Å². The molecule has 0 heterocycles. The molecule has 2 aromatic carbocycles. The van der Waals surface area contributed by atoms with Crippen LogP contribution in [-0.2, 0) is 13.0 Å². The highest BCUT2D eigenvalue weighted by atomic mass is 15.1. The van der Waals surface area contributed by atoms with Gasteiger partial charge in [0.2, 0.25) is 0 Å². The summed E-state index contributed by atoms with van der Waals surface area (Å²) in [4.78, 5) is 2.77. The predicted octanol–water partition coefficient (Wildman–Crippen LogP) is 5.51. The van der Waals surface area contributed by atoms with Crippen molar-refractivity contribution in [1.29, 1.82) is 0 Å². The Balaban J connectivity index is 2.09. The minimum atomic E-state index is 0.409. The average molecular weight is 265 g/mol. The van der Waals surface area contributed by atoms with E-state index >= 15 is 0 Å². The topological polar surface area (TPSA) is 48.8 Å². The SMILES string of the molecule is CCCCc1ccc(-c2ccc(CN=[N+]=[N-])cc2)cc1. The summed E-state index contributed by atoms with van der Waals surface area (Å²) in [5.74, 6) is 0. The van der Waals surface area contributed by atoms with E-state index in [0.717, 1.165) is 12.0 Å². The van der Waals surface area contributed by atoms with Gasteiger partial charge in [0.25, 0.3) is 0 Å². The smallest absolute Gasteiger partial charge is 0.0510 e. The number of nitrogens with zero attached hydrogens (tertiary/aromatic N) is 3. The summed E-state index contributed by atoms with van der Waals surface area (Å²) in [7, 11) is 0. The minimum absolute atomic E-state index is 0.409. The lowest BCUT2D eigenvalue weighted by Crippen LogP contribution is -1.86. The monoisotopic (exact) mass is 265 g/mol. The van der Waals surface area contributed by atoms with Crippen LogP contribution in [0.5, 0.6) is 0 Å². The number of rotatable bonds is 6. The lowest BCUT2D eigenvalue weighted by Gasteiger charge is -2.05. The Bertz CT molecular complexity index is 579. The van der Waals surface area contributed by atoms with Gasteiger partial charge in [-0.15, -0.1) is 0 Å². The number of hydrogen-bond donors (Lipinski definition) is 0. The van der Waals surface area contributed by atoms with Crippen LogP contribution < -0.4 is 0 Å². The fourth-order valence-electron chi connectivity index (χ4n) is 2.16. The van der Waals surface area contributed by atoms with Gasteiger partial charge in [-0.25, -0.2) is 0 Å². The normalized spacial score (nSPS) is 10.1. The van der Waals surface area contributed by atoms with Crippen molar-refractivity contribution in [2.75, 3.05) is 0 Å². The van der Waals surface area contributed by atoms with Gasteiger partial charge < -0.3 is 0 Å². The molecular formula is C17H19N3. The molecule has 0 saturated heterocycles. The maximum atomic E-state index is 8.31. The fourth-order valence-corrected chi connectivity index (χ4v) is 2.16. The molecule has 0 N–H and O–H groups in total. The third-order valence-corrected chi connectivity index (χ3v) is 3.38. The van der Waals surface area contributed by atoms with Crippen molar-refractivity contribution in [2.24, 2.45) is 5.11 Å². The van der Waals surface area contributed by atoms with Gasteiger partial charge in [0.05, 0.1) is 6.54 Å². The van der Waals surface area contributed by atoms with E-state index < -0.39 is 0 Å². The van der Waals surface area contributed by atoms with Crippen LogP contribution in [0.15, 0.2) is 53.6 Å². The molecule has 0 aliphatic heterocycles. The summed E-state index contributed by atoms with van der Waals surface area (Å²) in [6, 6.07) is 16.9. The molecule has 0 aliphatic rings. The second-order valence-corrected chi connectivity index (χ2v) is 4.89. The van der Waals surface area contributed by atoms with Gasteiger partial charge in [0.15, 0.2) is 0 Å². The Morgan fingerprint density at radius 1 is 0.900 bits per heavy atom. The average Bonchev–Trinajstić information content (AvgIpc) is 2.52. The highest BCUT2D eigenvalue weighted by molar-refractivity contribution is 5.63. The van der Waals surface area contributed by atoms with E-state index in [4.69, 9.17) is 5.53 Å². The van der Waals surface area contributed by atoms with E-state index in [9.17, 15) is 0 Å². The number of benzene rings is 2. The first kappa shape index (κ1) is 14.2. The first-order valence-electron chi connectivity index (χ1n) is 7.02. The van der Waals surface area contributed by atoms with Crippen molar-refractivity contribution >= 4 is 0 Å². The van der Waals surface area contributed by atoms with E-state index in [1.165, 1.54) is 29.5 Å². The molecule has 0 saturated carbocycles. The van der Waals surface area contributed by atoms with Crippen molar-refractivity contribution in [2.45, 2.75) is 32.7 Å². The van der Waals surface area contributed by atoms with Gasteiger partial charge >= 0.3 is 0 Å². The molecule has 0 unspecified atom stereocenters. The van der Waals surface area contributed by atoms with Gasteiger partial charge in [-0.1, -0.05) is 67.0 Å². The van der Waals surface area contributed by atoms with Crippen molar-refractivity contribution in [3.63, 3.8) is 0 Å². The molecule has 102 valence electrons. The van der Waals surface area contributed by atoms with E-state index in [0.29, 0.717) is 6.54 Å². The standard InChI is InChI=1S/C17H19N3/c1-2-3-4-14-5-9-16(10-6-14)17-11-7-15(8-12-17)13-19-20-18/h5-12H,2-4,13H2,1H3. The van der Waals surface area contributed by atoms with Crippen molar-refractivity contribution in [1.82, 2.24) is 0 Å². The zero-order valence-corrected chi connectivity index (χ0v) is 11.8. The largest absolute Gasteiger partial charge is 0.0893 e. The molecular weight excluding hydrogens is 246 g/mol. The first-order valence-corrected chi connectivity index (χ1v) is 7.02. The van der Waals surface area contributed by atoms with Crippen LogP contribution in [0.4, 0.5) is 0 Å². The van der Waals surface area contributed by atoms with Gasteiger partial charge in [0, 0.05) is 4.91 Å². The molecule has 3 heteroatoms. The predicted molar refractivity (Wildman–Crippen MR) is 83.3 cm³/mol. The van der Waals surface area contributed by atoms with E-state index in [1.54, 1.807) is 0 Å². The number of unbranched alkanes of at least 4 members (excludes halogenated alkanes) is 1. The lowest BCUT2D eigenvalue weighted by molar-refractivity contribution is 0.795. The summed E-state index contributed by atoms with van der Waals surface area (Å²) in [6.07, 6.45) is 3.63. The molecule has 0 radical (unpaired) electrons. The maximum absolute atomic E-state index is 8.31. The Morgan fingerprint density at radius 3 is 1.95 bits per heavy atom. The Kier molecular flexibility index (Phi) is 5.22. The summed E-state index contributed by atoms with van der Waals surface area (Å²) < 4.78 is 0. The number of aryl methyl sites for hydroxylation is 1. The molecule has 0 atom stereocenters. The second kappa shape index (κ2) is 7.37. The van der Waals surface area contributed by atoms with Gasteiger partial charge in [-0.2, -0.15) is 0 Å². The summed E-state index contributed by atoms with van der Waals surface area (Å²) in [5, 5.41) is 3.57. The molecule has 2 rings (SSSR count). The Morgan fingerprint density at radius 2 is 1.45 bits per heavy atom. The first-order chi connectivity index (χ1) is 9.83. The zero-order chi connectivity index (χ0) is 14.2. The van der Waals surface area contributed by atoms with Crippen LogP contribution in [0.25, 0.3) is 21.6 Å². The Hall–Kier alpha value is -2.25. The van der Waals surface area contributed by atoms with Crippen LogP contribution >= 0.6 is 0 Å². The molecule has 0 amide bonds. The van der Waals surface area contributed by atoms with E-state index in [-0.39, 0.29) is 0 Å². The molecule has 3 nitrogen and oxygen atoms in total. The summed E-state index contributed by atoms with van der Waals surface area (Å²) in [5.41, 5.74) is 13.2. The van der Waals surface area contributed by atoms with Crippen LogP contribution in [-0.4, -0.2) is 0 Å². The van der Waals surface area contributed by atoms with Gasteiger partial charge in [-0.05, 0) is 40.6 Å². The highest BCUT2D eigenvalue weighted by Crippen LogP contribution is 2.21. The fraction of sp³-hybridized carbons (Fsp3) is 0.294. The molecule has 0 aromatic heterocycles. The molecule has 0 aliphatic carbocycles. The zero-order valence-electron chi connectivity index (χ0n) is 11.8. The summed E-state index contributed by atoms with van der Waals surface area (Å²) >= 11 is 0. The molecule has 0 bridgehead atoms. The van der Waals surface area contributed by atoms with Crippen LogP contribution in [0.1, 0.15) is 30.9 Å². The van der Waals surface area contributed by atoms with E-state index in [1.807, 2.05) is 12.1 Å². The molecule has 2 aromatic rings. The van der Waals surface area contributed by atoms with Gasteiger partial charge in [-0.3, -0.25) is 0 Å². The number of hydrogen-bond acceptors (Lipinski definition) is 1. The van der Waals surface area contributed by atoms with Crippen molar-refractivity contribution in [3.05, 3.63) is 70.1 Å². The van der Waals surface area contributed by atoms with Crippen molar-refractivity contribution in [3.8, 4) is 11.1 Å². The quantitative estimate of drug-likeness (QED) is 0.376. The Labute approximate surface area is 119 Å². The molecule has 0 fully saturated rings. The third-order valence-electron chi connectivity index (χ3n) is 3.38. The maximum Gasteiger partial charge on any atom is 0.0510 e. The van der Waals surface area contributed by atoms with Crippen LogP contribution in [0.3, 0.4) is 0 Å². The van der Waals surface area contributed by atoms with Crippen molar-refractivity contribution < 1.29 is 0 Å². The van der Waals surface area contributed by atoms with E-state index in [2.05, 4.69) is 53.3 Å². The highest BCUT2D eigenvalue weighted by Gasteiger charge is 1.99.